The summed E-state index contributed by atoms with van der Waals surface area (Å²) < 4.78 is 5.29. The zero-order chi connectivity index (χ0) is 22.2. The second kappa shape index (κ2) is 8.52. The predicted molar refractivity (Wildman–Crippen MR) is 131 cm³/mol. The van der Waals surface area contributed by atoms with E-state index >= 15 is 0 Å². The Bertz CT molecular complexity index is 1190. The van der Waals surface area contributed by atoms with Crippen LogP contribution in [0.5, 0.6) is 0 Å². The second-order valence-electron chi connectivity index (χ2n) is 8.84. The Kier molecular flexibility index (Phi) is 5.57. The molecule has 3 saturated heterocycles. The monoisotopic (exact) mass is 451 g/mol. The average Bonchev–Trinajstić information content (AvgIpc) is 3.20. The third-order valence-electron chi connectivity index (χ3n) is 6.68. The van der Waals surface area contributed by atoms with Gasteiger partial charge >= 0.3 is 6.03 Å². The van der Waals surface area contributed by atoms with Crippen molar-refractivity contribution >= 4 is 44.9 Å². The van der Waals surface area contributed by atoms with E-state index in [-0.39, 0.29) is 19.4 Å². The molecule has 1 aromatic heterocycles. The summed E-state index contributed by atoms with van der Waals surface area (Å²) in [6.07, 6.45) is 2.31. The van der Waals surface area contributed by atoms with E-state index in [4.69, 9.17) is 0 Å². The topological polar surface area (TPSA) is 86.4 Å². The molecule has 2 aromatic carbocycles. The number of rotatable bonds is 4. The minimum Gasteiger partial charge on any atom is -0.346 e. The molecule has 3 aromatic rings. The van der Waals surface area contributed by atoms with Crippen LogP contribution in [0.3, 0.4) is 0 Å². The summed E-state index contributed by atoms with van der Waals surface area (Å²) >= 11 is 1.28. The molecule has 3 N–H and O–H groups in total. The van der Waals surface area contributed by atoms with Gasteiger partial charge in [-0.3, -0.25) is 4.79 Å². The number of nitrogens with one attached hydrogen (secondary N) is 3. The lowest BCUT2D eigenvalue weighted by atomic mass is 9.84. The number of aromatic nitrogens is 1. The van der Waals surface area contributed by atoms with E-state index in [1.807, 2.05) is 50.2 Å². The number of nitrogens with zero attached hydrogens (tertiary/aromatic N) is 2. The Balaban J connectivity index is 0.00000259. The number of amides is 3. The highest BCUT2D eigenvalue weighted by Crippen LogP contribution is 2.29. The predicted octanol–water partition coefficient (Wildman–Crippen LogP) is 4.63. The molecule has 8 heteroatoms. The van der Waals surface area contributed by atoms with Crippen molar-refractivity contribution in [3.8, 4) is 0 Å². The van der Waals surface area contributed by atoms with Crippen LogP contribution in [0.15, 0.2) is 36.4 Å². The van der Waals surface area contributed by atoms with Crippen molar-refractivity contribution in [3.63, 3.8) is 0 Å². The first kappa shape index (κ1) is 20.9. The minimum atomic E-state index is -0.308. The molecule has 0 spiro atoms. The Morgan fingerprint density at radius 1 is 1.03 bits per heavy atom. The SMILES string of the molecule is Cc1ccc(NC(=O)Nc2ccc3c(C(=O)N[C@H]4CN5CCC4CC5)nsc3c2)cc1C.[HH]. The summed E-state index contributed by atoms with van der Waals surface area (Å²) in [5.41, 5.74) is 4.17. The van der Waals surface area contributed by atoms with Crippen molar-refractivity contribution in [3.05, 3.63) is 53.2 Å². The van der Waals surface area contributed by atoms with Crippen LogP contribution in [0.2, 0.25) is 0 Å². The summed E-state index contributed by atoms with van der Waals surface area (Å²) in [5, 5.41) is 9.75. The van der Waals surface area contributed by atoms with E-state index < -0.39 is 0 Å². The number of anilines is 2. The molecule has 3 amide bonds. The number of piperidine rings is 3. The maximum Gasteiger partial charge on any atom is 0.323 e. The fraction of sp³-hybridized carbons (Fsp3) is 0.375. The van der Waals surface area contributed by atoms with Crippen LogP contribution in [0.25, 0.3) is 10.1 Å². The molecule has 0 radical (unpaired) electrons. The van der Waals surface area contributed by atoms with Gasteiger partial charge in [0, 0.05) is 30.8 Å². The van der Waals surface area contributed by atoms with Gasteiger partial charge in [0.2, 0.25) is 0 Å². The van der Waals surface area contributed by atoms with Crippen molar-refractivity contribution in [2.75, 3.05) is 30.3 Å². The maximum absolute atomic E-state index is 12.9. The van der Waals surface area contributed by atoms with Gasteiger partial charge in [-0.1, -0.05) is 6.07 Å². The van der Waals surface area contributed by atoms with Gasteiger partial charge in [0.25, 0.3) is 5.91 Å². The minimum absolute atomic E-state index is 0. The van der Waals surface area contributed by atoms with E-state index in [2.05, 4.69) is 25.2 Å². The molecule has 1 atom stereocenters. The van der Waals surface area contributed by atoms with E-state index in [1.165, 1.54) is 17.1 Å². The smallest absolute Gasteiger partial charge is 0.323 e. The van der Waals surface area contributed by atoms with Gasteiger partial charge in [-0.05, 0) is 98.7 Å². The van der Waals surface area contributed by atoms with Gasteiger partial charge in [0.15, 0.2) is 0 Å². The highest BCUT2D eigenvalue weighted by Gasteiger charge is 2.35. The number of aryl methyl sites for hydroxylation is 2. The molecule has 168 valence electrons. The zero-order valence-corrected chi connectivity index (χ0v) is 19.1. The van der Waals surface area contributed by atoms with Crippen LogP contribution in [-0.4, -0.2) is 46.9 Å². The first-order valence-electron chi connectivity index (χ1n) is 11.0. The number of carbonyl (C=O) groups excluding carboxylic acids is 2. The van der Waals surface area contributed by atoms with Crippen molar-refractivity contribution in [1.82, 2.24) is 14.6 Å². The lowest BCUT2D eigenvalue weighted by molar-refractivity contribution is 0.0619. The highest BCUT2D eigenvalue weighted by molar-refractivity contribution is 7.13. The number of carbonyl (C=O) groups is 2. The van der Waals surface area contributed by atoms with Gasteiger partial charge in [-0.15, -0.1) is 0 Å². The molecule has 4 heterocycles. The largest absolute Gasteiger partial charge is 0.346 e. The summed E-state index contributed by atoms with van der Waals surface area (Å²) in [6, 6.07) is 11.2. The third-order valence-corrected chi connectivity index (χ3v) is 7.49. The van der Waals surface area contributed by atoms with Gasteiger partial charge in [-0.25, -0.2) is 4.79 Å². The molecule has 7 nitrogen and oxygen atoms in total. The number of fused-ring (bicyclic) bond motifs is 4. The molecule has 6 rings (SSSR count). The molecule has 3 aliphatic heterocycles. The Labute approximate surface area is 192 Å². The molecular formula is C24H29N5O2S. The number of hydrogen-bond acceptors (Lipinski definition) is 5. The van der Waals surface area contributed by atoms with Crippen LogP contribution < -0.4 is 16.0 Å². The number of urea groups is 1. The lowest BCUT2D eigenvalue weighted by Crippen LogP contribution is -2.57. The Morgan fingerprint density at radius 2 is 1.75 bits per heavy atom. The van der Waals surface area contributed by atoms with Crippen molar-refractivity contribution in [2.45, 2.75) is 32.7 Å². The van der Waals surface area contributed by atoms with Crippen molar-refractivity contribution < 1.29 is 11.0 Å². The summed E-state index contributed by atoms with van der Waals surface area (Å²) in [5.74, 6) is 0.462. The fourth-order valence-electron chi connectivity index (χ4n) is 4.66. The second-order valence-corrected chi connectivity index (χ2v) is 9.64. The standard InChI is InChI=1S/C24H27N5O2S.H2/c1-14-3-4-17(11-15(14)2)25-24(31)26-18-5-6-19-21(12-18)32-28-22(19)23(30)27-20-13-29-9-7-16(20)8-10-29;/h3-6,11-12,16,20H,7-10,13H2,1-2H3,(H,27,30)(H2,25,26,31);1H/t20-;/m0./s1. The average molecular weight is 452 g/mol. The van der Waals surface area contributed by atoms with E-state index in [0.29, 0.717) is 17.3 Å². The van der Waals surface area contributed by atoms with Crippen LogP contribution in [0.1, 0.15) is 35.9 Å². The molecular weight excluding hydrogens is 422 g/mol. The van der Waals surface area contributed by atoms with E-state index in [9.17, 15) is 9.59 Å². The van der Waals surface area contributed by atoms with Crippen LogP contribution in [0, 0.1) is 19.8 Å². The third kappa shape index (κ3) is 4.20. The van der Waals surface area contributed by atoms with Gasteiger partial charge in [0.05, 0.1) is 4.70 Å². The molecule has 0 unspecified atom stereocenters. The highest BCUT2D eigenvalue weighted by atomic mass is 32.1. The van der Waals surface area contributed by atoms with Crippen molar-refractivity contribution in [2.24, 2.45) is 5.92 Å². The lowest BCUT2D eigenvalue weighted by Gasteiger charge is -2.44. The Hall–Kier alpha value is -2.97. The maximum atomic E-state index is 12.9. The van der Waals surface area contributed by atoms with E-state index in [1.54, 1.807) is 0 Å². The molecule has 0 aliphatic carbocycles. The van der Waals surface area contributed by atoms with Crippen LogP contribution in [0.4, 0.5) is 16.2 Å². The summed E-state index contributed by atoms with van der Waals surface area (Å²) in [4.78, 5) is 27.7. The first-order valence-corrected chi connectivity index (χ1v) is 11.8. The molecule has 3 fully saturated rings. The van der Waals surface area contributed by atoms with Crippen LogP contribution in [-0.2, 0) is 0 Å². The molecule has 32 heavy (non-hydrogen) atoms. The van der Waals surface area contributed by atoms with Crippen molar-refractivity contribution in [1.29, 1.82) is 0 Å². The van der Waals surface area contributed by atoms with E-state index in [0.717, 1.165) is 53.8 Å². The van der Waals surface area contributed by atoms with Crippen LogP contribution >= 0.6 is 11.5 Å². The fourth-order valence-corrected chi connectivity index (χ4v) is 5.47. The molecule has 3 aliphatic rings. The molecule has 2 bridgehead atoms. The van der Waals surface area contributed by atoms with Gasteiger partial charge in [0.1, 0.15) is 5.69 Å². The summed E-state index contributed by atoms with van der Waals surface area (Å²) in [6.45, 7) is 7.27. The quantitative estimate of drug-likeness (QED) is 0.540. The zero-order valence-electron chi connectivity index (χ0n) is 18.3. The summed E-state index contributed by atoms with van der Waals surface area (Å²) in [7, 11) is 0. The van der Waals surface area contributed by atoms with Gasteiger partial charge < -0.3 is 20.9 Å². The van der Waals surface area contributed by atoms with Gasteiger partial charge in [-0.2, -0.15) is 4.37 Å². The normalized spacial score (nSPS) is 22.0. The Morgan fingerprint density at radius 3 is 2.44 bits per heavy atom. The number of hydrogen-bond donors (Lipinski definition) is 3. The number of benzene rings is 2. The first-order chi connectivity index (χ1) is 15.5. The molecule has 0 saturated carbocycles.